The number of benzene rings is 1. The van der Waals surface area contributed by atoms with E-state index in [9.17, 15) is 9.59 Å². The average Bonchev–Trinajstić information content (AvgIpc) is 2.47. The Balaban J connectivity index is 3.16. The monoisotopic (exact) mass is 309 g/mol. The maximum absolute atomic E-state index is 12.6. The first-order valence-electron chi connectivity index (χ1n) is 7.22. The lowest BCUT2D eigenvalue weighted by molar-refractivity contribution is -0.142. The summed E-state index contributed by atoms with van der Waals surface area (Å²) >= 11 is 1.50. The van der Waals surface area contributed by atoms with Gasteiger partial charge in [0.2, 0.25) is 0 Å². The zero-order valence-electron chi connectivity index (χ0n) is 13.1. The molecule has 4 nitrogen and oxygen atoms in total. The summed E-state index contributed by atoms with van der Waals surface area (Å²) < 4.78 is 5.37. The number of thioether (sulfide) groups is 1. The molecule has 0 aliphatic heterocycles. The molecule has 0 bridgehead atoms. The molecule has 1 aromatic carbocycles. The first kappa shape index (κ1) is 17.6. The summed E-state index contributed by atoms with van der Waals surface area (Å²) in [7, 11) is 0. The Bertz CT molecular complexity index is 486. The highest BCUT2D eigenvalue weighted by Gasteiger charge is 2.23. The summed E-state index contributed by atoms with van der Waals surface area (Å²) in [6, 6.07) is 7.35. The van der Waals surface area contributed by atoms with Crippen molar-refractivity contribution in [3.63, 3.8) is 0 Å². The molecule has 0 aromatic heterocycles. The summed E-state index contributed by atoms with van der Waals surface area (Å²) in [5.41, 5.74) is 0.924. The highest BCUT2D eigenvalue weighted by molar-refractivity contribution is 7.99. The van der Waals surface area contributed by atoms with E-state index >= 15 is 0 Å². The molecule has 1 amide bonds. The van der Waals surface area contributed by atoms with Gasteiger partial charge in [-0.3, -0.25) is 9.59 Å². The van der Waals surface area contributed by atoms with E-state index in [0.29, 0.717) is 18.7 Å². The van der Waals surface area contributed by atoms with Crippen LogP contribution in [0.1, 0.15) is 49.1 Å². The first-order valence-corrected chi connectivity index (χ1v) is 8.26. The van der Waals surface area contributed by atoms with Crippen LogP contribution in [0.3, 0.4) is 0 Å². The van der Waals surface area contributed by atoms with Gasteiger partial charge in [-0.05, 0) is 25.7 Å². The highest BCUT2D eigenvalue weighted by Crippen LogP contribution is 2.32. The number of carbonyl (C=O) groups is 2. The average molecular weight is 309 g/mol. The maximum atomic E-state index is 12.6. The predicted octanol–water partition coefficient (Wildman–Crippen LogP) is 3.48. The van der Waals surface area contributed by atoms with E-state index in [1.807, 2.05) is 39.0 Å². The van der Waals surface area contributed by atoms with Gasteiger partial charge in [-0.25, -0.2) is 0 Å². The Labute approximate surface area is 130 Å². The summed E-state index contributed by atoms with van der Waals surface area (Å²) in [6.45, 7) is 8.60. The second-order valence-corrected chi connectivity index (χ2v) is 5.80. The van der Waals surface area contributed by atoms with Crippen molar-refractivity contribution in [3.8, 4) is 0 Å². The van der Waals surface area contributed by atoms with E-state index in [2.05, 4.69) is 0 Å². The number of hydrogen-bond acceptors (Lipinski definition) is 4. The Morgan fingerprint density at radius 2 is 1.81 bits per heavy atom. The molecule has 0 N–H and O–H groups in total. The van der Waals surface area contributed by atoms with E-state index in [1.165, 1.54) is 18.7 Å². The molecule has 0 aliphatic rings. The number of ether oxygens (including phenoxy) is 1. The van der Waals surface area contributed by atoms with Crippen molar-refractivity contribution in [1.29, 1.82) is 0 Å². The van der Waals surface area contributed by atoms with E-state index in [4.69, 9.17) is 4.74 Å². The molecule has 0 heterocycles. The van der Waals surface area contributed by atoms with Gasteiger partial charge in [0.05, 0.1) is 0 Å². The molecule has 21 heavy (non-hydrogen) atoms. The summed E-state index contributed by atoms with van der Waals surface area (Å²) in [6.07, 6.45) is 0. The van der Waals surface area contributed by atoms with E-state index in [1.54, 1.807) is 11.0 Å². The fraction of sp³-hybridized carbons (Fsp3) is 0.500. The lowest BCUT2D eigenvalue weighted by Gasteiger charge is -2.23. The summed E-state index contributed by atoms with van der Waals surface area (Å²) in [4.78, 5) is 25.7. The molecule has 1 unspecified atom stereocenters. The third-order valence-electron chi connectivity index (χ3n) is 3.09. The molecule has 0 saturated heterocycles. The third-order valence-corrected chi connectivity index (χ3v) is 4.07. The van der Waals surface area contributed by atoms with Crippen molar-refractivity contribution in [1.82, 2.24) is 4.90 Å². The van der Waals surface area contributed by atoms with Crippen molar-refractivity contribution in [3.05, 3.63) is 35.4 Å². The molecule has 0 fully saturated rings. The lowest BCUT2D eigenvalue weighted by Crippen LogP contribution is -2.31. The van der Waals surface area contributed by atoms with Crippen molar-refractivity contribution in [2.24, 2.45) is 0 Å². The van der Waals surface area contributed by atoms with Gasteiger partial charge in [0.15, 0.2) is 5.44 Å². The van der Waals surface area contributed by atoms with Crippen LogP contribution in [0.4, 0.5) is 0 Å². The smallest absolute Gasteiger partial charge is 0.304 e. The minimum Gasteiger partial charge on any atom is -0.446 e. The van der Waals surface area contributed by atoms with Crippen LogP contribution in [0.5, 0.6) is 0 Å². The minimum absolute atomic E-state index is 0.0237. The van der Waals surface area contributed by atoms with Crippen LogP contribution in [0, 0.1) is 0 Å². The van der Waals surface area contributed by atoms with Gasteiger partial charge in [-0.1, -0.05) is 25.1 Å². The Hall–Kier alpha value is -1.49. The molecule has 0 radical (unpaired) electrons. The second kappa shape index (κ2) is 8.72. The van der Waals surface area contributed by atoms with Crippen molar-refractivity contribution >= 4 is 23.6 Å². The quantitative estimate of drug-likeness (QED) is 0.571. The zero-order chi connectivity index (χ0) is 15.8. The molecule has 0 aliphatic carbocycles. The van der Waals surface area contributed by atoms with E-state index < -0.39 is 5.44 Å². The standard InChI is InChI=1S/C16H23NO3S/c1-5-17(6-2)15(19)13-10-8-9-11-14(13)16(21-7-3)20-12(4)18/h8-11,16H,5-7H2,1-4H3. The van der Waals surface area contributed by atoms with Gasteiger partial charge in [-0.2, -0.15) is 0 Å². The molecular formula is C16H23NO3S. The van der Waals surface area contributed by atoms with Crippen LogP contribution < -0.4 is 0 Å². The van der Waals surface area contributed by atoms with Crippen LogP contribution in [0.2, 0.25) is 0 Å². The van der Waals surface area contributed by atoms with Crippen molar-refractivity contribution in [2.75, 3.05) is 18.8 Å². The Morgan fingerprint density at radius 3 is 2.33 bits per heavy atom. The molecule has 116 valence electrons. The SMILES string of the molecule is CCSC(OC(C)=O)c1ccccc1C(=O)N(CC)CC. The van der Waals surface area contributed by atoms with Gasteiger partial charge in [-0.15, -0.1) is 11.8 Å². The molecule has 1 atom stereocenters. The fourth-order valence-electron chi connectivity index (χ4n) is 2.07. The third kappa shape index (κ3) is 4.77. The zero-order valence-corrected chi connectivity index (χ0v) is 13.9. The number of nitrogens with zero attached hydrogens (tertiary/aromatic N) is 1. The maximum Gasteiger partial charge on any atom is 0.304 e. The molecule has 1 aromatic rings. The van der Waals surface area contributed by atoms with Gasteiger partial charge in [0, 0.05) is 31.1 Å². The van der Waals surface area contributed by atoms with Crippen molar-refractivity contribution < 1.29 is 14.3 Å². The Morgan fingerprint density at radius 1 is 1.19 bits per heavy atom. The van der Waals surface area contributed by atoms with Crippen LogP contribution >= 0.6 is 11.8 Å². The Kier molecular flexibility index (Phi) is 7.29. The van der Waals surface area contributed by atoms with E-state index in [-0.39, 0.29) is 11.9 Å². The van der Waals surface area contributed by atoms with Gasteiger partial charge < -0.3 is 9.64 Å². The van der Waals surface area contributed by atoms with Crippen LogP contribution in [-0.2, 0) is 9.53 Å². The van der Waals surface area contributed by atoms with Crippen LogP contribution in [0.15, 0.2) is 24.3 Å². The number of hydrogen-bond donors (Lipinski definition) is 0. The van der Waals surface area contributed by atoms with Crippen LogP contribution in [0.25, 0.3) is 0 Å². The normalized spacial score (nSPS) is 11.8. The second-order valence-electron chi connectivity index (χ2n) is 4.46. The van der Waals surface area contributed by atoms with Crippen LogP contribution in [-0.4, -0.2) is 35.6 Å². The minimum atomic E-state index is -0.441. The number of carbonyl (C=O) groups excluding carboxylic acids is 2. The molecule has 1 rings (SSSR count). The summed E-state index contributed by atoms with van der Waals surface area (Å²) in [5, 5.41) is 0. The largest absolute Gasteiger partial charge is 0.446 e. The first-order chi connectivity index (χ1) is 10.0. The van der Waals surface area contributed by atoms with Crippen molar-refractivity contribution in [2.45, 2.75) is 33.1 Å². The number of esters is 1. The summed E-state index contributed by atoms with van der Waals surface area (Å²) in [5.74, 6) is 0.432. The topological polar surface area (TPSA) is 46.6 Å². The molecule has 0 spiro atoms. The molecule has 0 saturated carbocycles. The van der Waals surface area contributed by atoms with Gasteiger partial charge in [0.25, 0.3) is 5.91 Å². The highest BCUT2D eigenvalue weighted by atomic mass is 32.2. The molecular weight excluding hydrogens is 286 g/mol. The van der Waals surface area contributed by atoms with Gasteiger partial charge >= 0.3 is 5.97 Å². The fourth-order valence-corrected chi connectivity index (χ4v) is 2.96. The van der Waals surface area contributed by atoms with Gasteiger partial charge in [0.1, 0.15) is 0 Å². The predicted molar refractivity (Wildman–Crippen MR) is 86.3 cm³/mol. The number of rotatable bonds is 7. The lowest BCUT2D eigenvalue weighted by atomic mass is 10.1. The number of amides is 1. The van der Waals surface area contributed by atoms with E-state index in [0.717, 1.165) is 11.3 Å². The molecule has 5 heteroatoms.